The maximum absolute atomic E-state index is 12.8. The lowest BCUT2D eigenvalue weighted by Gasteiger charge is -2.44. The lowest BCUT2D eigenvalue weighted by Crippen LogP contribution is -2.66. The smallest absolute Gasteiger partial charge is 0.249 e. The lowest BCUT2D eigenvalue weighted by atomic mass is 9.89. The summed E-state index contributed by atoms with van der Waals surface area (Å²) in [5, 5.41) is 2.87. The van der Waals surface area contributed by atoms with Crippen LogP contribution in [0.25, 0.3) is 0 Å². The molecule has 1 aromatic rings. The van der Waals surface area contributed by atoms with Crippen LogP contribution in [-0.4, -0.2) is 28.8 Å². The van der Waals surface area contributed by atoms with E-state index in [1.54, 1.807) is 11.8 Å². The second-order valence-corrected chi connectivity index (χ2v) is 5.44. The van der Waals surface area contributed by atoms with Crippen LogP contribution >= 0.6 is 0 Å². The minimum atomic E-state index is -0.850. The SMILES string of the molecule is C#CCCN1C(=O)C(C)(CC)NC(=O)C1c1ccccc1. The number of piperazine rings is 1. The molecule has 0 bridgehead atoms. The van der Waals surface area contributed by atoms with Gasteiger partial charge in [0.15, 0.2) is 0 Å². The molecule has 2 amide bonds. The number of hydrogen-bond donors (Lipinski definition) is 1. The van der Waals surface area contributed by atoms with Crippen molar-refractivity contribution >= 4 is 11.8 Å². The molecule has 0 aromatic heterocycles. The molecule has 1 aliphatic rings. The van der Waals surface area contributed by atoms with Gasteiger partial charge < -0.3 is 10.2 Å². The molecule has 0 radical (unpaired) electrons. The molecule has 1 aliphatic heterocycles. The first-order chi connectivity index (χ1) is 10.0. The lowest BCUT2D eigenvalue weighted by molar-refractivity contribution is -0.154. The van der Waals surface area contributed by atoms with Gasteiger partial charge in [-0.15, -0.1) is 12.3 Å². The van der Waals surface area contributed by atoms with Crippen molar-refractivity contribution in [1.82, 2.24) is 10.2 Å². The fourth-order valence-corrected chi connectivity index (χ4v) is 2.59. The summed E-state index contributed by atoms with van der Waals surface area (Å²) >= 11 is 0. The number of nitrogens with one attached hydrogen (secondary N) is 1. The van der Waals surface area contributed by atoms with E-state index in [2.05, 4.69) is 11.2 Å². The van der Waals surface area contributed by atoms with Crippen LogP contribution in [-0.2, 0) is 9.59 Å². The monoisotopic (exact) mass is 284 g/mol. The number of carbonyl (C=O) groups is 2. The maximum atomic E-state index is 12.8. The standard InChI is InChI=1S/C17H20N2O2/c1-4-6-12-19-14(13-10-8-7-9-11-13)15(20)18-17(3,5-2)16(19)21/h1,7-11,14H,5-6,12H2,2-3H3,(H,18,20). The molecule has 110 valence electrons. The highest BCUT2D eigenvalue weighted by molar-refractivity contribution is 6.00. The topological polar surface area (TPSA) is 49.4 Å². The zero-order valence-electron chi connectivity index (χ0n) is 12.4. The van der Waals surface area contributed by atoms with Gasteiger partial charge in [0.25, 0.3) is 0 Å². The Morgan fingerprint density at radius 1 is 1.33 bits per heavy atom. The van der Waals surface area contributed by atoms with Gasteiger partial charge in [0.1, 0.15) is 11.6 Å². The zero-order valence-corrected chi connectivity index (χ0v) is 12.4. The molecule has 21 heavy (non-hydrogen) atoms. The Morgan fingerprint density at radius 3 is 2.57 bits per heavy atom. The fraction of sp³-hybridized carbons (Fsp3) is 0.412. The predicted octanol–water partition coefficient (Wildman–Crippen LogP) is 1.88. The highest BCUT2D eigenvalue weighted by Crippen LogP contribution is 2.30. The summed E-state index contributed by atoms with van der Waals surface area (Å²) in [5.74, 6) is 2.32. The summed E-state index contributed by atoms with van der Waals surface area (Å²) in [7, 11) is 0. The predicted molar refractivity (Wildman–Crippen MR) is 81.2 cm³/mol. The summed E-state index contributed by atoms with van der Waals surface area (Å²) in [6.07, 6.45) is 6.30. The van der Waals surface area contributed by atoms with Crippen LogP contribution in [0.4, 0.5) is 0 Å². The van der Waals surface area contributed by atoms with Crippen LogP contribution < -0.4 is 5.32 Å². The molecule has 0 spiro atoms. The molecule has 1 saturated heterocycles. The summed E-state index contributed by atoms with van der Waals surface area (Å²) < 4.78 is 0. The van der Waals surface area contributed by atoms with Crippen LogP contribution in [0.5, 0.6) is 0 Å². The Morgan fingerprint density at radius 2 is 2.00 bits per heavy atom. The second-order valence-electron chi connectivity index (χ2n) is 5.44. The van der Waals surface area contributed by atoms with Crippen LogP contribution in [0.1, 0.15) is 38.3 Å². The quantitative estimate of drug-likeness (QED) is 0.858. The van der Waals surface area contributed by atoms with E-state index in [0.29, 0.717) is 19.4 Å². The van der Waals surface area contributed by atoms with E-state index in [4.69, 9.17) is 6.42 Å². The van der Waals surface area contributed by atoms with Gasteiger partial charge in [-0.2, -0.15) is 0 Å². The molecule has 2 atom stereocenters. The number of nitrogens with zero attached hydrogens (tertiary/aromatic N) is 1. The number of terminal acetylenes is 1. The summed E-state index contributed by atoms with van der Waals surface area (Å²) in [6.45, 7) is 4.04. The average Bonchev–Trinajstić information content (AvgIpc) is 2.50. The maximum Gasteiger partial charge on any atom is 0.249 e. The van der Waals surface area contributed by atoms with Gasteiger partial charge in [0, 0.05) is 13.0 Å². The van der Waals surface area contributed by atoms with Crippen molar-refractivity contribution < 1.29 is 9.59 Å². The molecule has 4 nitrogen and oxygen atoms in total. The Labute approximate surface area is 125 Å². The molecule has 1 N–H and O–H groups in total. The zero-order chi connectivity index (χ0) is 15.5. The van der Waals surface area contributed by atoms with Crippen molar-refractivity contribution in [2.24, 2.45) is 0 Å². The number of carbonyl (C=O) groups excluding carboxylic acids is 2. The Balaban J connectivity index is 2.40. The molecule has 0 saturated carbocycles. The molecular formula is C17H20N2O2. The van der Waals surface area contributed by atoms with Crippen molar-refractivity contribution in [3.05, 3.63) is 35.9 Å². The first kappa shape index (κ1) is 15.1. The summed E-state index contributed by atoms with van der Waals surface area (Å²) in [4.78, 5) is 26.9. The van der Waals surface area contributed by atoms with Gasteiger partial charge in [0.2, 0.25) is 11.8 Å². The third-order valence-corrected chi connectivity index (χ3v) is 4.01. The number of hydrogen-bond acceptors (Lipinski definition) is 2. The average molecular weight is 284 g/mol. The number of benzene rings is 1. The highest BCUT2D eigenvalue weighted by atomic mass is 16.2. The molecule has 2 rings (SSSR count). The third kappa shape index (κ3) is 2.78. The van der Waals surface area contributed by atoms with Crippen molar-refractivity contribution in [3.63, 3.8) is 0 Å². The first-order valence-corrected chi connectivity index (χ1v) is 7.15. The molecule has 1 aromatic carbocycles. The van der Waals surface area contributed by atoms with Crippen molar-refractivity contribution in [2.45, 2.75) is 38.3 Å². The highest BCUT2D eigenvalue weighted by Gasteiger charge is 2.47. The molecule has 0 aliphatic carbocycles. The number of amides is 2. The Bertz CT molecular complexity index is 576. The van der Waals surface area contributed by atoms with E-state index in [1.165, 1.54) is 0 Å². The summed E-state index contributed by atoms with van der Waals surface area (Å²) in [6, 6.07) is 8.71. The normalized spacial score (nSPS) is 25.4. The first-order valence-electron chi connectivity index (χ1n) is 7.15. The fourth-order valence-electron chi connectivity index (χ4n) is 2.59. The van der Waals surface area contributed by atoms with Gasteiger partial charge in [0.05, 0.1) is 0 Å². The second kappa shape index (κ2) is 6.01. The van der Waals surface area contributed by atoms with Gasteiger partial charge in [-0.3, -0.25) is 9.59 Å². The van der Waals surface area contributed by atoms with Crippen LogP contribution in [0.15, 0.2) is 30.3 Å². The van der Waals surface area contributed by atoms with E-state index in [-0.39, 0.29) is 11.8 Å². The van der Waals surface area contributed by atoms with Crippen molar-refractivity contribution in [1.29, 1.82) is 0 Å². The van der Waals surface area contributed by atoms with Gasteiger partial charge >= 0.3 is 0 Å². The van der Waals surface area contributed by atoms with E-state index >= 15 is 0 Å². The van der Waals surface area contributed by atoms with E-state index in [9.17, 15) is 9.59 Å². The van der Waals surface area contributed by atoms with Crippen LogP contribution in [0.2, 0.25) is 0 Å². The third-order valence-electron chi connectivity index (χ3n) is 4.01. The Kier molecular flexibility index (Phi) is 4.32. The van der Waals surface area contributed by atoms with Crippen molar-refractivity contribution in [2.75, 3.05) is 6.54 Å². The van der Waals surface area contributed by atoms with Gasteiger partial charge in [-0.25, -0.2) is 0 Å². The molecule has 2 unspecified atom stereocenters. The molecule has 4 heteroatoms. The Hall–Kier alpha value is -2.28. The minimum Gasteiger partial charge on any atom is -0.340 e. The summed E-state index contributed by atoms with van der Waals surface area (Å²) in [5.41, 5.74) is -0.0460. The minimum absolute atomic E-state index is 0.0753. The van der Waals surface area contributed by atoms with E-state index in [0.717, 1.165) is 5.56 Å². The van der Waals surface area contributed by atoms with E-state index < -0.39 is 11.6 Å². The van der Waals surface area contributed by atoms with E-state index in [1.807, 2.05) is 37.3 Å². The van der Waals surface area contributed by atoms with Gasteiger partial charge in [-0.05, 0) is 18.9 Å². The van der Waals surface area contributed by atoms with Gasteiger partial charge in [-0.1, -0.05) is 37.3 Å². The van der Waals surface area contributed by atoms with Crippen molar-refractivity contribution in [3.8, 4) is 12.3 Å². The molecule has 1 heterocycles. The molecular weight excluding hydrogens is 264 g/mol. The largest absolute Gasteiger partial charge is 0.340 e. The van der Waals surface area contributed by atoms with Crippen LogP contribution in [0, 0.1) is 12.3 Å². The van der Waals surface area contributed by atoms with Crippen LogP contribution in [0.3, 0.4) is 0 Å². The molecule has 1 fully saturated rings. The number of rotatable bonds is 4.